The van der Waals surface area contributed by atoms with Crippen molar-refractivity contribution in [1.82, 2.24) is 0 Å². The molecule has 0 aliphatic carbocycles. The van der Waals surface area contributed by atoms with Crippen molar-refractivity contribution in [2.24, 2.45) is 5.73 Å². The minimum Gasteiger partial charge on any atom is -0.457 e. The predicted octanol–water partition coefficient (Wildman–Crippen LogP) is 4.75. The molecule has 0 fully saturated rings. The second kappa shape index (κ2) is 5.91. The van der Waals surface area contributed by atoms with E-state index in [1.54, 1.807) is 0 Å². The molecule has 2 aromatic carbocycles. The standard InChI is InChI=1S/C14H10ClF4NO/c15-11-3-2-10(6-12(11)16)21-13-4-1-9(14(17,18)19)5-8(13)7-20/h1-6H,7,20H2. The first-order valence-electron chi connectivity index (χ1n) is 5.84. The molecular formula is C14H10ClF4NO. The normalized spacial score (nSPS) is 11.5. The van der Waals surface area contributed by atoms with Gasteiger partial charge in [0.1, 0.15) is 17.3 Å². The summed E-state index contributed by atoms with van der Waals surface area (Å²) in [5.74, 6) is -0.436. The highest BCUT2D eigenvalue weighted by Gasteiger charge is 2.31. The third-order valence-electron chi connectivity index (χ3n) is 2.73. The molecule has 0 saturated heterocycles. The lowest BCUT2D eigenvalue weighted by atomic mass is 10.1. The Hall–Kier alpha value is -1.79. The van der Waals surface area contributed by atoms with E-state index in [9.17, 15) is 17.6 Å². The van der Waals surface area contributed by atoms with Gasteiger partial charge in [-0.2, -0.15) is 13.2 Å². The third kappa shape index (κ3) is 3.65. The SMILES string of the molecule is NCc1cc(C(F)(F)F)ccc1Oc1ccc(Cl)c(F)c1. The number of rotatable bonds is 3. The Bertz CT molecular complexity index is 658. The van der Waals surface area contributed by atoms with Crippen molar-refractivity contribution < 1.29 is 22.3 Å². The first kappa shape index (κ1) is 15.6. The lowest BCUT2D eigenvalue weighted by Gasteiger charge is -2.13. The Morgan fingerprint density at radius 2 is 1.81 bits per heavy atom. The quantitative estimate of drug-likeness (QED) is 0.829. The molecular weight excluding hydrogens is 310 g/mol. The molecule has 21 heavy (non-hydrogen) atoms. The van der Waals surface area contributed by atoms with Gasteiger partial charge in [0, 0.05) is 18.2 Å². The van der Waals surface area contributed by atoms with E-state index < -0.39 is 17.6 Å². The van der Waals surface area contributed by atoms with Gasteiger partial charge in [-0.15, -0.1) is 0 Å². The van der Waals surface area contributed by atoms with Gasteiger partial charge < -0.3 is 10.5 Å². The van der Waals surface area contributed by atoms with Gasteiger partial charge in [-0.05, 0) is 30.3 Å². The van der Waals surface area contributed by atoms with Gasteiger partial charge >= 0.3 is 6.18 Å². The maximum atomic E-state index is 13.3. The Morgan fingerprint density at radius 3 is 2.38 bits per heavy atom. The smallest absolute Gasteiger partial charge is 0.416 e. The molecule has 7 heteroatoms. The Balaban J connectivity index is 2.33. The van der Waals surface area contributed by atoms with Gasteiger partial charge in [0.05, 0.1) is 10.6 Å². The summed E-state index contributed by atoms with van der Waals surface area (Å²) in [5, 5.41) is -0.0752. The van der Waals surface area contributed by atoms with Crippen LogP contribution in [0.15, 0.2) is 36.4 Å². The number of hydrogen-bond acceptors (Lipinski definition) is 2. The van der Waals surface area contributed by atoms with Crippen molar-refractivity contribution in [3.8, 4) is 11.5 Å². The highest BCUT2D eigenvalue weighted by molar-refractivity contribution is 6.30. The van der Waals surface area contributed by atoms with E-state index in [1.165, 1.54) is 12.1 Å². The molecule has 2 N–H and O–H groups in total. The number of alkyl halides is 3. The van der Waals surface area contributed by atoms with Crippen LogP contribution in [0.25, 0.3) is 0 Å². The van der Waals surface area contributed by atoms with Crippen LogP contribution in [0.5, 0.6) is 11.5 Å². The van der Waals surface area contributed by atoms with E-state index in [2.05, 4.69) is 0 Å². The Kier molecular flexibility index (Phi) is 4.39. The molecule has 0 heterocycles. The summed E-state index contributed by atoms with van der Waals surface area (Å²) in [7, 11) is 0. The van der Waals surface area contributed by atoms with Gasteiger partial charge in [0.25, 0.3) is 0 Å². The first-order chi connectivity index (χ1) is 9.81. The summed E-state index contributed by atoms with van der Waals surface area (Å²) in [6.07, 6.45) is -4.46. The van der Waals surface area contributed by atoms with Crippen molar-refractivity contribution in [1.29, 1.82) is 0 Å². The number of nitrogens with two attached hydrogens (primary N) is 1. The summed E-state index contributed by atoms with van der Waals surface area (Å²) in [4.78, 5) is 0. The minimum absolute atomic E-state index is 0.0752. The first-order valence-corrected chi connectivity index (χ1v) is 6.22. The fourth-order valence-corrected chi connectivity index (χ4v) is 1.80. The maximum Gasteiger partial charge on any atom is 0.416 e. The second-order valence-corrected chi connectivity index (χ2v) is 4.61. The summed E-state index contributed by atoms with van der Waals surface area (Å²) in [6.45, 7) is -0.144. The van der Waals surface area contributed by atoms with Gasteiger partial charge in [-0.25, -0.2) is 4.39 Å². The molecule has 0 unspecified atom stereocenters. The molecule has 2 aromatic rings. The average molecular weight is 320 g/mol. The van der Waals surface area contributed by atoms with E-state index >= 15 is 0 Å². The van der Waals surface area contributed by atoms with Crippen LogP contribution in [0.1, 0.15) is 11.1 Å². The largest absolute Gasteiger partial charge is 0.457 e. The van der Waals surface area contributed by atoms with Crippen molar-refractivity contribution in [2.45, 2.75) is 12.7 Å². The summed E-state index contributed by atoms with van der Waals surface area (Å²) < 4.78 is 56.5. The van der Waals surface area contributed by atoms with Crippen LogP contribution < -0.4 is 10.5 Å². The van der Waals surface area contributed by atoms with E-state index in [0.717, 1.165) is 24.3 Å². The number of benzene rings is 2. The van der Waals surface area contributed by atoms with E-state index in [4.69, 9.17) is 22.1 Å². The average Bonchev–Trinajstić information content (AvgIpc) is 2.42. The molecule has 0 bridgehead atoms. The lowest BCUT2D eigenvalue weighted by Crippen LogP contribution is -2.08. The van der Waals surface area contributed by atoms with Crippen LogP contribution in [-0.2, 0) is 12.7 Å². The van der Waals surface area contributed by atoms with E-state index in [-0.39, 0.29) is 28.6 Å². The minimum atomic E-state index is -4.46. The van der Waals surface area contributed by atoms with E-state index in [1.807, 2.05) is 0 Å². The summed E-state index contributed by atoms with van der Waals surface area (Å²) in [6, 6.07) is 6.67. The highest BCUT2D eigenvalue weighted by atomic mass is 35.5. The zero-order valence-electron chi connectivity index (χ0n) is 10.5. The number of halogens is 5. The van der Waals surface area contributed by atoms with Crippen molar-refractivity contribution in [2.75, 3.05) is 0 Å². The fraction of sp³-hybridized carbons (Fsp3) is 0.143. The molecule has 0 aliphatic rings. The molecule has 0 saturated carbocycles. The molecule has 0 atom stereocenters. The second-order valence-electron chi connectivity index (χ2n) is 4.20. The summed E-state index contributed by atoms with van der Waals surface area (Å²) >= 11 is 5.54. The molecule has 2 nitrogen and oxygen atoms in total. The van der Waals surface area contributed by atoms with Gasteiger partial charge in [-0.1, -0.05) is 11.6 Å². The molecule has 0 spiro atoms. The third-order valence-corrected chi connectivity index (χ3v) is 3.03. The zero-order chi connectivity index (χ0) is 15.6. The van der Waals surface area contributed by atoms with Crippen LogP contribution in [0, 0.1) is 5.82 Å². The van der Waals surface area contributed by atoms with Crippen LogP contribution in [0.3, 0.4) is 0 Å². The molecule has 2 rings (SSSR count). The van der Waals surface area contributed by atoms with Crippen LogP contribution in [0.2, 0.25) is 5.02 Å². The molecule has 0 amide bonds. The van der Waals surface area contributed by atoms with Crippen LogP contribution in [-0.4, -0.2) is 0 Å². The summed E-state index contributed by atoms with van der Waals surface area (Å²) in [5.41, 5.74) is 4.77. The van der Waals surface area contributed by atoms with Gasteiger partial charge in [0.2, 0.25) is 0 Å². The molecule has 112 valence electrons. The van der Waals surface area contributed by atoms with E-state index in [0.29, 0.717) is 0 Å². The molecule has 0 aromatic heterocycles. The molecule has 0 aliphatic heterocycles. The topological polar surface area (TPSA) is 35.2 Å². The lowest BCUT2D eigenvalue weighted by molar-refractivity contribution is -0.137. The maximum absolute atomic E-state index is 13.3. The Labute approximate surface area is 123 Å². The fourth-order valence-electron chi connectivity index (χ4n) is 1.68. The number of hydrogen-bond donors (Lipinski definition) is 1. The van der Waals surface area contributed by atoms with Crippen molar-refractivity contribution >= 4 is 11.6 Å². The number of ether oxygens (including phenoxy) is 1. The van der Waals surface area contributed by atoms with Crippen molar-refractivity contribution in [3.05, 3.63) is 58.4 Å². The van der Waals surface area contributed by atoms with Crippen molar-refractivity contribution in [3.63, 3.8) is 0 Å². The highest BCUT2D eigenvalue weighted by Crippen LogP contribution is 2.34. The molecule has 0 radical (unpaired) electrons. The monoisotopic (exact) mass is 319 g/mol. The van der Waals surface area contributed by atoms with Crippen LogP contribution >= 0.6 is 11.6 Å². The Morgan fingerprint density at radius 1 is 1.10 bits per heavy atom. The van der Waals surface area contributed by atoms with Crippen LogP contribution in [0.4, 0.5) is 17.6 Å². The van der Waals surface area contributed by atoms with Gasteiger partial charge in [0.15, 0.2) is 0 Å². The zero-order valence-corrected chi connectivity index (χ0v) is 11.3. The predicted molar refractivity (Wildman–Crippen MR) is 70.8 cm³/mol. The van der Waals surface area contributed by atoms with Gasteiger partial charge in [-0.3, -0.25) is 0 Å².